The third-order valence-electron chi connectivity index (χ3n) is 10.6. The summed E-state index contributed by atoms with van der Waals surface area (Å²) in [5.41, 5.74) is 2.03. The van der Waals surface area contributed by atoms with E-state index >= 15 is 0 Å². The van der Waals surface area contributed by atoms with E-state index in [1.165, 1.54) is 38.5 Å². The van der Waals surface area contributed by atoms with Gasteiger partial charge >= 0.3 is 5.97 Å². The molecule has 1 aliphatic heterocycles. The summed E-state index contributed by atoms with van der Waals surface area (Å²) < 4.78 is 6.21. The van der Waals surface area contributed by atoms with Gasteiger partial charge in [-0.2, -0.15) is 0 Å². The van der Waals surface area contributed by atoms with Crippen LogP contribution in [0.15, 0.2) is 11.6 Å². The predicted molar refractivity (Wildman–Crippen MR) is 99.6 cm³/mol. The summed E-state index contributed by atoms with van der Waals surface area (Å²) in [6.45, 7) is 2.49. The van der Waals surface area contributed by atoms with Gasteiger partial charge in [-0.3, -0.25) is 9.59 Å². The molecule has 0 unspecified atom stereocenters. The molecule has 3 nitrogen and oxygen atoms in total. The van der Waals surface area contributed by atoms with E-state index in [0.29, 0.717) is 29.5 Å². The molecule has 27 heavy (non-hydrogen) atoms. The van der Waals surface area contributed by atoms with Gasteiger partial charge in [-0.05, 0) is 92.4 Å². The van der Waals surface area contributed by atoms with Crippen molar-refractivity contribution in [3.63, 3.8) is 0 Å². The van der Waals surface area contributed by atoms with Crippen molar-refractivity contribution in [3.05, 3.63) is 11.6 Å². The SMILES string of the molecule is C[C@]12CC[C@H]3[C@@H](CC4(CC4)C4=CC(=O)CC[C@@H]43)[C@@H]1[C@@H]1C[C@@H]1[C@@]21CCC(=O)O1. The second-order valence-corrected chi connectivity index (χ2v) is 11.4. The van der Waals surface area contributed by atoms with Gasteiger partial charge in [0.05, 0.1) is 0 Å². The Kier molecular flexibility index (Phi) is 2.65. The van der Waals surface area contributed by atoms with Crippen molar-refractivity contribution < 1.29 is 14.3 Å². The minimum atomic E-state index is -0.125. The Morgan fingerprint density at radius 2 is 1.85 bits per heavy atom. The van der Waals surface area contributed by atoms with Gasteiger partial charge in [0, 0.05) is 24.2 Å². The molecule has 7 rings (SSSR count). The molecule has 8 atom stereocenters. The second-order valence-electron chi connectivity index (χ2n) is 11.4. The Hall–Kier alpha value is -1.12. The number of esters is 1. The van der Waals surface area contributed by atoms with Crippen LogP contribution in [0, 0.1) is 46.3 Å². The zero-order chi connectivity index (χ0) is 18.2. The molecule has 3 heteroatoms. The highest BCUT2D eigenvalue weighted by Gasteiger charge is 2.79. The lowest BCUT2D eigenvalue weighted by atomic mass is 9.47. The normalized spacial score (nSPS) is 56.1. The molecule has 0 aromatic carbocycles. The van der Waals surface area contributed by atoms with Crippen LogP contribution in [0.1, 0.15) is 71.1 Å². The van der Waals surface area contributed by atoms with Crippen molar-refractivity contribution in [2.75, 3.05) is 0 Å². The smallest absolute Gasteiger partial charge is 0.306 e. The molecule has 7 aliphatic rings. The minimum Gasteiger partial charge on any atom is -0.458 e. The third-order valence-corrected chi connectivity index (χ3v) is 10.6. The lowest BCUT2D eigenvalue weighted by Crippen LogP contribution is -2.56. The van der Waals surface area contributed by atoms with Crippen LogP contribution < -0.4 is 0 Å². The van der Waals surface area contributed by atoms with Gasteiger partial charge in [-0.25, -0.2) is 0 Å². The molecular formula is C24H30O3. The summed E-state index contributed by atoms with van der Waals surface area (Å²) in [5.74, 6) is 4.90. The van der Waals surface area contributed by atoms with Crippen molar-refractivity contribution in [2.24, 2.45) is 46.3 Å². The average Bonchev–Trinajstić information content (AvgIpc) is 3.54. The molecule has 0 aromatic heterocycles. The van der Waals surface area contributed by atoms with Gasteiger partial charge in [0.2, 0.25) is 0 Å². The monoisotopic (exact) mass is 366 g/mol. The summed E-state index contributed by atoms with van der Waals surface area (Å²) >= 11 is 0. The molecule has 6 fully saturated rings. The van der Waals surface area contributed by atoms with Crippen LogP contribution >= 0.6 is 0 Å². The number of rotatable bonds is 0. The lowest BCUT2D eigenvalue weighted by Gasteiger charge is -2.58. The van der Waals surface area contributed by atoms with Crippen LogP contribution in [0.2, 0.25) is 0 Å². The Balaban J connectivity index is 1.31. The maximum absolute atomic E-state index is 12.2. The Morgan fingerprint density at radius 1 is 1.00 bits per heavy atom. The first-order valence-corrected chi connectivity index (χ1v) is 11.4. The Bertz CT molecular complexity index is 806. The van der Waals surface area contributed by atoms with E-state index in [9.17, 15) is 9.59 Å². The molecule has 0 radical (unpaired) electrons. The van der Waals surface area contributed by atoms with Crippen molar-refractivity contribution in [3.8, 4) is 0 Å². The number of allylic oxidation sites excluding steroid dienone is 1. The summed E-state index contributed by atoms with van der Waals surface area (Å²) in [6, 6.07) is 0. The van der Waals surface area contributed by atoms with Crippen LogP contribution in [0.4, 0.5) is 0 Å². The fraction of sp³-hybridized carbons (Fsp3) is 0.833. The number of ether oxygens (including phenoxy) is 1. The quantitative estimate of drug-likeness (QED) is 0.595. The maximum Gasteiger partial charge on any atom is 0.306 e. The highest BCUT2D eigenvalue weighted by molar-refractivity contribution is 5.91. The highest BCUT2D eigenvalue weighted by atomic mass is 16.6. The molecule has 6 aliphatic carbocycles. The van der Waals surface area contributed by atoms with E-state index < -0.39 is 0 Å². The van der Waals surface area contributed by atoms with Crippen LogP contribution in [-0.2, 0) is 14.3 Å². The molecule has 0 aromatic rings. The zero-order valence-corrected chi connectivity index (χ0v) is 16.3. The molecule has 144 valence electrons. The van der Waals surface area contributed by atoms with Crippen molar-refractivity contribution >= 4 is 11.8 Å². The number of hydrogen-bond acceptors (Lipinski definition) is 3. The molecule has 5 saturated carbocycles. The van der Waals surface area contributed by atoms with Crippen molar-refractivity contribution in [2.45, 2.75) is 76.7 Å². The number of fused-ring (bicyclic) bond motifs is 10. The van der Waals surface area contributed by atoms with E-state index in [1.54, 1.807) is 5.57 Å². The number of hydrogen-bond donors (Lipinski definition) is 0. The molecule has 0 N–H and O–H groups in total. The Labute approximate surface area is 161 Å². The average molecular weight is 367 g/mol. The Morgan fingerprint density at radius 3 is 2.59 bits per heavy atom. The van der Waals surface area contributed by atoms with Gasteiger partial charge in [-0.15, -0.1) is 0 Å². The number of ketones is 1. The van der Waals surface area contributed by atoms with Crippen LogP contribution in [0.5, 0.6) is 0 Å². The van der Waals surface area contributed by atoms with Gasteiger partial charge in [0.1, 0.15) is 5.60 Å². The first kappa shape index (κ1) is 15.8. The van der Waals surface area contributed by atoms with Gasteiger partial charge in [-0.1, -0.05) is 12.5 Å². The first-order chi connectivity index (χ1) is 13.0. The first-order valence-electron chi connectivity index (χ1n) is 11.4. The third kappa shape index (κ3) is 1.69. The standard InChI is InChI=1S/C24H30O3/c1-22-6-4-14-15-3-2-13(25)10-18(15)23(8-9-23)12-17(14)21(22)16-11-19(16)24(22)7-5-20(26)27-24/h10,14-17,19,21H,2-9,11-12H2,1H3/t14-,15-,16-,17-,19+,21+,22+,24+/m1/s1. The molecule has 0 bridgehead atoms. The minimum absolute atomic E-state index is 0.0583. The van der Waals surface area contributed by atoms with E-state index in [4.69, 9.17) is 4.74 Å². The number of carbonyl (C=O) groups is 2. The molecular weight excluding hydrogens is 336 g/mol. The largest absolute Gasteiger partial charge is 0.458 e. The van der Waals surface area contributed by atoms with Crippen LogP contribution in [0.3, 0.4) is 0 Å². The summed E-state index contributed by atoms with van der Waals surface area (Å²) in [6.07, 6.45) is 13.3. The molecule has 1 heterocycles. The maximum atomic E-state index is 12.2. The van der Waals surface area contributed by atoms with E-state index in [0.717, 1.165) is 42.9 Å². The van der Waals surface area contributed by atoms with Gasteiger partial charge in [0.25, 0.3) is 0 Å². The second kappa shape index (κ2) is 4.54. The summed E-state index contributed by atoms with van der Waals surface area (Å²) in [5, 5.41) is 0. The zero-order valence-electron chi connectivity index (χ0n) is 16.3. The van der Waals surface area contributed by atoms with E-state index in [1.807, 2.05) is 0 Å². The lowest BCUT2D eigenvalue weighted by molar-refractivity contribution is -0.175. The molecule has 1 saturated heterocycles. The van der Waals surface area contributed by atoms with Crippen LogP contribution in [0.25, 0.3) is 0 Å². The molecule has 0 amide bonds. The fourth-order valence-corrected chi connectivity index (χ4v) is 9.48. The molecule has 2 spiro atoms. The topological polar surface area (TPSA) is 43.4 Å². The van der Waals surface area contributed by atoms with Crippen molar-refractivity contribution in [1.29, 1.82) is 0 Å². The number of carbonyl (C=O) groups excluding carboxylic acids is 2. The predicted octanol–water partition coefficient (Wildman–Crippen LogP) is 4.45. The van der Waals surface area contributed by atoms with Gasteiger partial charge in [0.15, 0.2) is 5.78 Å². The van der Waals surface area contributed by atoms with E-state index in [2.05, 4.69) is 13.0 Å². The van der Waals surface area contributed by atoms with Crippen molar-refractivity contribution in [1.82, 2.24) is 0 Å². The highest BCUT2D eigenvalue weighted by Crippen LogP contribution is 2.80. The van der Waals surface area contributed by atoms with Crippen LogP contribution in [-0.4, -0.2) is 17.4 Å². The van der Waals surface area contributed by atoms with E-state index in [-0.39, 0.29) is 17.0 Å². The fourth-order valence-electron chi connectivity index (χ4n) is 9.48. The van der Waals surface area contributed by atoms with Gasteiger partial charge < -0.3 is 4.74 Å². The summed E-state index contributed by atoms with van der Waals surface area (Å²) in [4.78, 5) is 24.3. The summed E-state index contributed by atoms with van der Waals surface area (Å²) in [7, 11) is 0.